The van der Waals surface area contributed by atoms with E-state index < -0.39 is 0 Å². The number of aryl methyl sites for hydroxylation is 1. The lowest BCUT2D eigenvalue weighted by Crippen LogP contribution is -2.44. The first-order valence-electron chi connectivity index (χ1n) is 9.50. The van der Waals surface area contributed by atoms with E-state index in [1.165, 1.54) is 18.4 Å². The number of nitrogens with one attached hydrogen (secondary N) is 1. The highest BCUT2D eigenvalue weighted by molar-refractivity contribution is 5.53. The van der Waals surface area contributed by atoms with Gasteiger partial charge < -0.3 is 15.8 Å². The Bertz CT molecular complexity index is 714. The van der Waals surface area contributed by atoms with Crippen LogP contribution >= 0.6 is 0 Å². The molecule has 0 amide bonds. The standard InChI is InChI=1S/C20H29N5O/c1-3-4-7-20(8-12-26-13-9-20)25-18-17(15(2)23-19(21)24-18)14-16-5-10-22-11-6-16/h5-6,10-11H,3-4,7-9,12-14H2,1-2H3,(H3,21,23,24,25). The Morgan fingerprint density at radius 2 is 1.92 bits per heavy atom. The maximum atomic E-state index is 5.97. The Labute approximate surface area is 155 Å². The number of rotatable bonds is 7. The van der Waals surface area contributed by atoms with Crippen LogP contribution in [0.5, 0.6) is 0 Å². The van der Waals surface area contributed by atoms with Crippen LogP contribution in [0.25, 0.3) is 0 Å². The van der Waals surface area contributed by atoms with Crippen LogP contribution in [0, 0.1) is 6.92 Å². The van der Waals surface area contributed by atoms with E-state index in [1.807, 2.05) is 31.5 Å². The number of hydrogen-bond donors (Lipinski definition) is 2. The summed E-state index contributed by atoms with van der Waals surface area (Å²) in [6.07, 6.45) is 9.86. The normalized spacial score (nSPS) is 16.4. The molecule has 26 heavy (non-hydrogen) atoms. The first-order chi connectivity index (χ1) is 12.6. The van der Waals surface area contributed by atoms with Gasteiger partial charge in [0.1, 0.15) is 5.82 Å². The zero-order valence-corrected chi connectivity index (χ0v) is 15.8. The molecular weight excluding hydrogens is 326 g/mol. The minimum atomic E-state index is 0.0223. The third kappa shape index (κ3) is 4.49. The fourth-order valence-corrected chi connectivity index (χ4v) is 3.60. The lowest BCUT2D eigenvalue weighted by atomic mass is 9.84. The highest BCUT2D eigenvalue weighted by Crippen LogP contribution is 2.33. The molecule has 1 aliphatic rings. The molecule has 3 heterocycles. The van der Waals surface area contributed by atoms with Crippen molar-refractivity contribution in [3.8, 4) is 0 Å². The second kappa shape index (κ2) is 8.45. The number of nitrogen functional groups attached to an aromatic ring is 1. The smallest absolute Gasteiger partial charge is 0.222 e. The maximum absolute atomic E-state index is 5.97. The number of nitrogens with two attached hydrogens (primary N) is 1. The number of aromatic nitrogens is 3. The third-order valence-electron chi connectivity index (χ3n) is 5.20. The highest BCUT2D eigenvalue weighted by Gasteiger charge is 2.33. The van der Waals surface area contributed by atoms with Gasteiger partial charge in [-0.1, -0.05) is 19.8 Å². The fraction of sp³-hybridized carbons (Fsp3) is 0.550. The lowest BCUT2D eigenvalue weighted by molar-refractivity contribution is 0.0566. The van der Waals surface area contributed by atoms with Crippen molar-refractivity contribution in [3.63, 3.8) is 0 Å². The van der Waals surface area contributed by atoms with E-state index in [4.69, 9.17) is 10.5 Å². The zero-order chi connectivity index (χ0) is 18.4. The second-order valence-electron chi connectivity index (χ2n) is 7.15. The molecule has 3 N–H and O–H groups in total. The van der Waals surface area contributed by atoms with Gasteiger partial charge in [-0.15, -0.1) is 0 Å². The number of unbranched alkanes of at least 4 members (excludes halogenated alkanes) is 1. The SMILES string of the molecule is CCCCC1(Nc2nc(N)nc(C)c2Cc2ccncc2)CCOCC1. The predicted octanol–water partition coefficient (Wildman–Crippen LogP) is 3.50. The van der Waals surface area contributed by atoms with Crippen molar-refractivity contribution in [2.45, 2.75) is 57.9 Å². The van der Waals surface area contributed by atoms with Gasteiger partial charge in [-0.2, -0.15) is 4.98 Å². The van der Waals surface area contributed by atoms with Gasteiger partial charge in [-0.05, 0) is 43.9 Å². The summed E-state index contributed by atoms with van der Waals surface area (Å²) in [5.74, 6) is 1.19. The van der Waals surface area contributed by atoms with Crippen LogP contribution in [0.2, 0.25) is 0 Å². The largest absolute Gasteiger partial charge is 0.381 e. The highest BCUT2D eigenvalue weighted by atomic mass is 16.5. The molecular formula is C20H29N5O. The molecule has 1 saturated heterocycles. The molecule has 1 fully saturated rings. The second-order valence-corrected chi connectivity index (χ2v) is 7.15. The van der Waals surface area contributed by atoms with Crippen LogP contribution in [0.4, 0.5) is 11.8 Å². The van der Waals surface area contributed by atoms with Gasteiger partial charge in [-0.3, -0.25) is 4.98 Å². The zero-order valence-electron chi connectivity index (χ0n) is 15.8. The van der Waals surface area contributed by atoms with E-state index in [9.17, 15) is 0 Å². The van der Waals surface area contributed by atoms with Crippen molar-refractivity contribution in [1.82, 2.24) is 15.0 Å². The average Bonchev–Trinajstić information content (AvgIpc) is 2.64. The fourth-order valence-electron chi connectivity index (χ4n) is 3.60. The molecule has 0 aromatic carbocycles. The van der Waals surface area contributed by atoms with Crippen LogP contribution in [0.1, 0.15) is 55.8 Å². The molecule has 2 aromatic rings. The summed E-state index contributed by atoms with van der Waals surface area (Å²) < 4.78 is 5.61. The minimum absolute atomic E-state index is 0.0223. The summed E-state index contributed by atoms with van der Waals surface area (Å²) in [6.45, 7) is 5.81. The molecule has 3 rings (SSSR count). The topological polar surface area (TPSA) is 86.0 Å². The molecule has 0 unspecified atom stereocenters. The number of hydrogen-bond acceptors (Lipinski definition) is 6. The number of anilines is 2. The van der Waals surface area contributed by atoms with Crippen LogP contribution in [0.3, 0.4) is 0 Å². The molecule has 1 aliphatic heterocycles. The lowest BCUT2D eigenvalue weighted by Gasteiger charge is -2.39. The van der Waals surface area contributed by atoms with Gasteiger partial charge in [0.25, 0.3) is 0 Å². The number of ether oxygens (including phenoxy) is 1. The molecule has 0 aliphatic carbocycles. The molecule has 0 saturated carbocycles. The van der Waals surface area contributed by atoms with E-state index in [0.29, 0.717) is 5.95 Å². The molecule has 6 heteroatoms. The Kier molecular flexibility index (Phi) is 6.04. The Hall–Kier alpha value is -2.21. The van der Waals surface area contributed by atoms with E-state index in [2.05, 4.69) is 27.2 Å². The van der Waals surface area contributed by atoms with Crippen molar-refractivity contribution < 1.29 is 4.74 Å². The maximum Gasteiger partial charge on any atom is 0.222 e. The van der Waals surface area contributed by atoms with Gasteiger partial charge in [0.15, 0.2) is 0 Å². The van der Waals surface area contributed by atoms with Gasteiger partial charge in [0.2, 0.25) is 5.95 Å². The first-order valence-corrected chi connectivity index (χ1v) is 9.50. The summed E-state index contributed by atoms with van der Waals surface area (Å²) in [4.78, 5) is 13.1. The van der Waals surface area contributed by atoms with E-state index in [1.54, 1.807) is 0 Å². The van der Waals surface area contributed by atoms with Gasteiger partial charge >= 0.3 is 0 Å². The summed E-state index contributed by atoms with van der Waals surface area (Å²) in [5.41, 5.74) is 9.21. The molecule has 2 aromatic heterocycles. The summed E-state index contributed by atoms with van der Waals surface area (Å²) in [6, 6.07) is 4.06. The molecule has 0 spiro atoms. The van der Waals surface area contributed by atoms with Gasteiger partial charge in [0.05, 0.1) is 0 Å². The van der Waals surface area contributed by atoms with Gasteiger partial charge in [0, 0.05) is 48.8 Å². The van der Waals surface area contributed by atoms with E-state index in [-0.39, 0.29) is 5.54 Å². The first kappa shape index (κ1) is 18.6. The third-order valence-corrected chi connectivity index (χ3v) is 5.20. The van der Waals surface area contributed by atoms with Crippen LogP contribution in [0.15, 0.2) is 24.5 Å². The Morgan fingerprint density at radius 1 is 1.19 bits per heavy atom. The molecule has 140 valence electrons. The minimum Gasteiger partial charge on any atom is -0.381 e. The van der Waals surface area contributed by atoms with Crippen molar-refractivity contribution in [2.75, 3.05) is 24.3 Å². The number of pyridine rings is 1. The quantitative estimate of drug-likeness (QED) is 0.790. The summed E-state index contributed by atoms with van der Waals surface area (Å²) in [7, 11) is 0. The van der Waals surface area contributed by atoms with Crippen molar-refractivity contribution >= 4 is 11.8 Å². The molecule has 0 radical (unpaired) electrons. The number of nitrogens with zero attached hydrogens (tertiary/aromatic N) is 3. The van der Waals surface area contributed by atoms with E-state index in [0.717, 1.165) is 56.0 Å². The molecule has 6 nitrogen and oxygen atoms in total. The molecule has 0 atom stereocenters. The van der Waals surface area contributed by atoms with Crippen LogP contribution in [-0.2, 0) is 11.2 Å². The monoisotopic (exact) mass is 355 g/mol. The van der Waals surface area contributed by atoms with Crippen molar-refractivity contribution in [1.29, 1.82) is 0 Å². The van der Waals surface area contributed by atoms with Crippen LogP contribution < -0.4 is 11.1 Å². The Morgan fingerprint density at radius 3 is 2.62 bits per heavy atom. The van der Waals surface area contributed by atoms with E-state index >= 15 is 0 Å². The van der Waals surface area contributed by atoms with Gasteiger partial charge in [-0.25, -0.2) is 4.98 Å². The average molecular weight is 355 g/mol. The van der Waals surface area contributed by atoms with Crippen LogP contribution in [-0.4, -0.2) is 33.7 Å². The summed E-state index contributed by atoms with van der Waals surface area (Å²) >= 11 is 0. The predicted molar refractivity (Wildman–Crippen MR) is 104 cm³/mol. The Balaban J connectivity index is 1.92. The summed E-state index contributed by atoms with van der Waals surface area (Å²) in [5, 5.41) is 3.77. The van der Waals surface area contributed by atoms with Crippen molar-refractivity contribution in [3.05, 3.63) is 41.3 Å². The molecule has 0 bridgehead atoms. The van der Waals surface area contributed by atoms with Crippen molar-refractivity contribution in [2.24, 2.45) is 0 Å².